The molecule has 64 heavy (non-hydrogen) atoms. The number of fused-ring (bicyclic) bond motifs is 8. The molecule has 0 fully saturated rings. The van der Waals surface area contributed by atoms with Crippen LogP contribution < -0.4 is 21.3 Å². The summed E-state index contributed by atoms with van der Waals surface area (Å²) in [6, 6.07) is 6.03. The van der Waals surface area contributed by atoms with Crippen LogP contribution in [0.2, 0.25) is 0 Å². The maximum atomic E-state index is 14.1. The molecular formula is C50H74N10O4. The number of carbonyl (C=O) groups is 3. The van der Waals surface area contributed by atoms with E-state index >= 15 is 0 Å². The first kappa shape index (κ1) is 49.9. The van der Waals surface area contributed by atoms with Gasteiger partial charge in [-0.25, -0.2) is 9.78 Å². The number of amides is 2. The Morgan fingerprint density at radius 3 is 1.94 bits per heavy atom. The van der Waals surface area contributed by atoms with Crippen molar-refractivity contribution in [2.75, 3.05) is 78.5 Å². The van der Waals surface area contributed by atoms with E-state index in [1.54, 1.807) is 6.92 Å². The zero-order valence-electron chi connectivity index (χ0n) is 39.9. The number of likely N-dealkylation sites (N-methyl/N-ethyl adjacent to an activating group) is 2. The predicted octanol–water partition coefficient (Wildman–Crippen LogP) is 6.92. The first-order chi connectivity index (χ1) is 30.8. The minimum atomic E-state index is -1.11. The highest BCUT2D eigenvalue weighted by molar-refractivity contribution is 6.03. The second kappa shape index (κ2) is 23.7. The maximum absolute atomic E-state index is 14.1. The Kier molecular flexibility index (Phi) is 18.5. The molecule has 0 unspecified atom stereocenters. The fourth-order valence-electron chi connectivity index (χ4n) is 9.08. The third-order valence-corrected chi connectivity index (χ3v) is 13.2. The third kappa shape index (κ3) is 11.9. The average Bonchev–Trinajstić information content (AvgIpc) is 3.96. The summed E-state index contributed by atoms with van der Waals surface area (Å²) < 4.78 is 0. The summed E-state index contributed by atoms with van der Waals surface area (Å²) >= 11 is 0. The summed E-state index contributed by atoms with van der Waals surface area (Å²) in [7, 11) is 0. The summed E-state index contributed by atoms with van der Waals surface area (Å²) in [5.41, 5.74) is 10.9. The summed E-state index contributed by atoms with van der Waals surface area (Å²) in [5.74, 6) is -1.89. The van der Waals surface area contributed by atoms with E-state index in [9.17, 15) is 19.5 Å². The van der Waals surface area contributed by atoms with Crippen molar-refractivity contribution < 1.29 is 19.5 Å². The number of aryl methyl sites for hydroxylation is 2. The van der Waals surface area contributed by atoms with Crippen molar-refractivity contribution >= 4 is 57.1 Å². The average molecular weight is 879 g/mol. The van der Waals surface area contributed by atoms with Gasteiger partial charge >= 0.3 is 5.97 Å². The topological polar surface area (TPSA) is 183 Å². The molecule has 3 aromatic heterocycles. The Balaban J connectivity index is 1.63. The van der Waals surface area contributed by atoms with Crippen LogP contribution in [0, 0.1) is 13.8 Å². The van der Waals surface area contributed by atoms with Crippen LogP contribution in [0.25, 0.3) is 39.3 Å². The second-order valence-electron chi connectivity index (χ2n) is 17.0. The van der Waals surface area contributed by atoms with E-state index in [0.29, 0.717) is 60.5 Å². The Labute approximate surface area is 380 Å². The standard InChI is InChI=1S/C50H74N10O4/c1-11-35-31(7)39-28-41-33(9)37(17-18-45(61)53-21-19-51-23-25-59(13-3)14-4)48(57-41)38(27-46(62)54-22-20-52-24-26-60(15-5)16-6)49-47(50(63)64)34(10)42(58-49)30-44-36(12-2)32(8)40(56-44)29-43(35)55-39/h11,28-30,33,37,51-52,55,58H,1,12-27H2,2-10H3,(H,53,61)(H,54,62)(H,63,64)/t33-,37-/m0/s1. The number of hydrogen-bond acceptors (Lipinski definition) is 9. The van der Waals surface area contributed by atoms with Crippen LogP contribution >= 0.6 is 0 Å². The Morgan fingerprint density at radius 2 is 1.36 bits per heavy atom. The van der Waals surface area contributed by atoms with Gasteiger partial charge in [0, 0.05) is 104 Å². The number of aromatic carboxylic acids is 1. The highest BCUT2D eigenvalue weighted by Crippen LogP contribution is 2.43. The lowest BCUT2D eigenvalue weighted by Crippen LogP contribution is -2.37. The van der Waals surface area contributed by atoms with Crippen LogP contribution in [0.1, 0.15) is 135 Å². The molecule has 3 aromatic rings. The van der Waals surface area contributed by atoms with E-state index in [1.807, 2.05) is 18.2 Å². The Hall–Kier alpha value is -5.15. The van der Waals surface area contributed by atoms with Gasteiger partial charge in [0.1, 0.15) is 0 Å². The van der Waals surface area contributed by atoms with Gasteiger partial charge in [0.05, 0.1) is 34.6 Å². The zero-order chi connectivity index (χ0) is 46.5. The maximum Gasteiger partial charge on any atom is 0.338 e. The number of hydrogen-bond donors (Lipinski definition) is 7. The molecule has 2 amide bonds. The van der Waals surface area contributed by atoms with E-state index in [1.165, 1.54) is 0 Å². The number of nitrogens with zero attached hydrogens (tertiary/aromatic N) is 4. The van der Waals surface area contributed by atoms with Gasteiger partial charge in [-0.3, -0.25) is 14.6 Å². The molecule has 348 valence electrons. The molecular weight excluding hydrogens is 805 g/mol. The molecule has 2 atom stereocenters. The van der Waals surface area contributed by atoms with Crippen molar-refractivity contribution in [2.24, 2.45) is 0 Å². The first-order valence-electron chi connectivity index (χ1n) is 23.5. The summed E-state index contributed by atoms with van der Waals surface area (Å²) in [5, 5.41) is 23.9. The lowest BCUT2D eigenvalue weighted by atomic mass is 9.84. The van der Waals surface area contributed by atoms with Gasteiger partial charge in [0.2, 0.25) is 11.8 Å². The first-order valence-corrected chi connectivity index (χ1v) is 23.5. The van der Waals surface area contributed by atoms with Crippen molar-refractivity contribution in [1.82, 2.24) is 51.0 Å². The quantitative estimate of drug-likeness (QED) is 0.0467. The molecule has 7 N–H and O–H groups in total. The fourth-order valence-corrected chi connectivity index (χ4v) is 9.08. The van der Waals surface area contributed by atoms with E-state index in [0.717, 1.165) is 109 Å². The molecule has 5 heterocycles. The number of aromatic amines is 2. The molecule has 0 aliphatic carbocycles. The lowest BCUT2D eigenvalue weighted by Gasteiger charge is -2.19. The minimum absolute atomic E-state index is 0.0704. The molecule has 0 saturated carbocycles. The van der Waals surface area contributed by atoms with Crippen LogP contribution in [0.15, 0.2) is 24.8 Å². The molecule has 0 saturated heterocycles. The van der Waals surface area contributed by atoms with Gasteiger partial charge in [-0.05, 0) is 100 Å². The number of carboxylic acid groups (broad SMARTS) is 1. The van der Waals surface area contributed by atoms with Crippen LogP contribution in [0.5, 0.6) is 0 Å². The summed E-state index contributed by atoms with van der Waals surface area (Å²) in [4.78, 5) is 63.1. The number of carboxylic acids is 1. The van der Waals surface area contributed by atoms with Crippen LogP contribution in [-0.2, 0) is 16.0 Å². The van der Waals surface area contributed by atoms with Gasteiger partial charge in [0.15, 0.2) is 0 Å². The third-order valence-electron chi connectivity index (χ3n) is 13.2. The van der Waals surface area contributed by atoms with E-state index < -0.39 is 5.97 Å². The fraction of sp³-hybridized carbons (Fsp3) is 0.540. The van der Waals surface area contributed by atoms with Gasteiger partial charge in [0.25, 0.3) is 0 Å². The zero-order valence-corrected chi connectivity index (χ0v) is 39.9. The van der Waals surface area contributed by atoms with Gasteiger partial charge < -0.3 is 46.1 Å². The molecule has 0 spiro atoms. The van der Waals surface area contributed by atoms with Crippen LogP contribution in [0.4, 0.5) is 0 Å². The van der Waals surface area contributed by atoms with E-state index in [-0.39, 0.29) is 42.1 Å². The van der Waals surface area contributed by atoms with Crippen molar-refractivity contribution in [2.45, 2.75) is 99.8 Å². The molecule has 2 aliphatic heterocycles. The number of carbonyl (C=O) groups excluding carboxylic acids is 2. The molecule has 2 aliphatic rings. The molecule has 14 nitrogen and oxygen atoms in total. The Bertz CT molecular complexity index is 2340. The normalized spacial score (nSPS) is 15.0. The van der Waals surface area contributed by atoms with Crippen molar-refractivity contribution in [1.29, 1.82) is 0 Å². The van der Waals surface area contributed by atoms with Crippen molar-refractivity contribution in [3.05, 3.63) is 75.4 Å². The highest BCUT2D eigenvalue weighted by Gasteiger charge is 2.33. The number of H-pyrrole nitrogens is 2. The van der Waals surface area contributed by atoms with Gasteiger partial charge in [-0.1, -0.05) is 54.2 Å². The summed E-state index contributed by atoms with van der Waals surface area (Å²) in [6.07, 6.45) is 3.15. The Morgan fingerprint density at radius 1 is 0.766 bits per heavy atom. The minimum Gasteiger partial charge on any atom is -0.478 e. The molecule has 8 bridgehead atoms. The number of allylic oxidation sites excluding steroid dienone is 2. The number of aromatic nitrogens is 4. The lowest BCUT2D eigenvalue weighted by molar-refractivity contribution is -0.121. The van der Waals surface area contributed by atoms with Gasteiger partial charge in [-0.2, -0.15) is 0 Å². The van der Waals surface area contributed by atoms with Crippen molar-refractivity contribution in [3.63, 3.8) is 0 Å². The molecule has 5 rings (SSSR count). The second-order valence-corrected chi connectivity index (χ2v) is 17.0. The monoisotopic (exact) mass is 879 g/mol. The molecule has 14 heteroatoms. The van der Waals surface area contributed by atoms with Crippen LogP contribution in [0.3, 0.4) is 0 Å². The van der Waals surface area contributed by atoms with E-state index in [4.69, 9.17) is 9.97 Å². The predicted molar refractivity (Wildman–Crippen MR) is 262 cm³/mol. The van der Waals surface area contributed by atoms with Gasteiger partial charge in [-0.15, -0.1) is 0 Å². The largest absolute Gasteiger partial charge is 0.478 e. The number of rotatable bonds is 24. The smallest absolute Gasteiger partial charge is 0.338 e. The van der Waals surface area contributed by atoms with Crippen molar-refractivity contribution in [3.8, 4) is 0 Å². The SMILES string of the molecule is C=Cc1c(C)c2cc3nc(c(CC(=O)NCCNCCN(CC)CC)c4[nH]c(cc5nc(cc1[nH]2)C(C)=C5CC)c(C)c4C(=O)O)[C@@H](CCC(=O)NCCNCCN(CC)CC)[C@@H]3C. The summed E-state index contributed by atoms with van der Waals surface area (Å²) in [6.45, 7) is 32.5. The highest BCUT2D eigenvalue weighted by atomic mass is 16.4. The molecule has 0 aromatic carbocycles. The molecule has 0 radical (unpaired) electrons. The van der Waals surface area contributed by atoms with Crippen LogP contribution in [-0.4, -0.2) is 131 Å². The van der Waals surface area contributed by atoms with E-state index in [2.05, 4.69) is 109 Å². The number of nitrogens with one attached hydrogen (secondary N) is 6.